The lowest BCUT2D eigenvalue weighted by molar-refractivity contribution is -0.147. The van der Waals surface area contributed by atoms with Crippen LogP contribution in [0.5, 0.6) is 0 Å². The van der Waals surface area contributed by atoms with Gasteiger partial charge in [-0.3, -0.25) is 4.79 Å². The predicted octanol–water partition coefficient (Wildman–Crippen LogP) is 3.05. The number of carboxylic acids is 1. The van der Waals surface area contributed by atoms with E-state index in [0.29, 0.717) is 10.9 Å². The Hall–Kier alpha value is -1.55. The van der Waals surface area contributed by atoms with Gasteiger partial charge in [0.2, 0.25) is 0 Å². The summed E-state index contributed by atoms with van der Waals surface area (Å²) in [4.78, 5) is 17.2. The van der Waals surface area contributed by atoms with Gasteiger partial charge in [-0.1, -0.05) is 35.8 Å². The van der Waals surface area contributed by atoms with Gasteiger partial charge in [0, 0.05) is 16.9 Å². The van der Waals surface area contributed by atoms with Gasteiger partial charge in [0.1, 0.15) is 6.10 Å². The van der Waals surface area contributed by atoms with E-state index < -0.39 is 5.97 Å². The summed E-state index contributed by atoms with van der Waals surface area (Å²) in [6.07, 6.45) is 0.978. The second-order valence-corrected chi connectivity index (χ2v) is 6.80. The van der Waals surface area contributed by atoms with Crippen LogP contribution in [0, 0.1) is 29.6 Å². The van der Waals surface area contributed by atoms with E-state index in [1.165, 1.54) is 0 Å². The number of rotatable bonds is 2. The van der Waals surface area contributed by atoms with Crippen LogP contribution in [0.4, 0.5) is 0 Å². The van der Waals surface area contributed by atoms with Gasteiger partial charge in [-0.05, 0) is 36.0 Å². The largest absolute Gasteiger partial charge is 0.481 e. The predicted molar refractivity (Wildman–Crippen MR) is 78.2 cm³/mol. The third-order valence-corrected chi connectivity index (χ3v) is 5.75. The van der Waals surface area contributed by atoms with Crippen LogP contribution >= 0.6 is 11.6 Å². The molecule has 2 aliphatic carbocycles. The summed E-state index contributed by atoms with van der Waals surface area (Å²) < 4.78 is 0. The van der Waals surface area contributed by atoms with Gasteiger partial charge < -0.3 is 9.94 Å². The molecule has 2 bridgehead atoms. The topological polar surface area (TPSA) is 58.9 Å². The van der Waals surface area contributed by atoms with Crippen molar-refractivity contribution in [3.05, 3.63) is 34.9 Å². The van der Waals surface area contributed by atoms with Crippen LogP contribution in [-0.2, 0) is 9.63 Å². The first-order valence-electron chi connectivity index (χ1n) is 7.30. The van der Waals surface area contributed by atoms with Gasteiger partial charge in [-0.25, -0.2) is 0 Å². The molecule has 1 aromatic rings. The number of carbonyl (C=O) groups is 1. The van der Waals surface area contributed by atoms with E-state index in [-0.39, 0.29) is 29.8 Å². The van der Waals surface area contributed by atoms with E-state index in [1.807, 2.05) is 31.2 Å². The van der Waals surface area contributed by atoms with Gasteiger partial charge >= 0.3 is 5.97 Å². The summed E-state index contributed by atoms with van der Waals surface area (Å²) in [7, 11) is 0. The SMILES string of the molecule is C[C@H]1[C@H]2C[C@@H]([C@@H]1C(=O)O)[C@@H]1C(c3ccc(Cl)cc3)=NO[C@H]21. The van der Waals surface area contributed by atoms with Crippen molar-refractivity contribution < 1.29 is 14.7 Å². The molecule has 21 heavy (non-hydrogen) atoms. The second-order valence-electron chi connectivity index (χ2n) is 6.37. The maximum absolute atomic E-state index is 11.6. The first kappa shape index (κ1) is 13.1. The van der Waals surface area contributed by atoms with Gasteiger partial charge in [0.15, 0.2) is 0 Å². The minimum absolute atomic E-state index is 0.0475. The fourth-order valence-corrected chi connectivity index (χ4v) is 4.73. The molecule has 5 heteroatoms. The molecule has 0 amide bonds. The zero-order chi connectivity index (χ0) is 14.7. The number of carboxylic acid groups (broad SMARTS) is 1. The Morgan fingerprint density at radius 3 is 2.71 bits per heavy atom. The second kappa shape index (κ2) is 4.47. The van der Waals surface area contributed by atoms with Crippen molar-refractivity contribution >= 4 is 23.3 Å². The van der Waals surface area contributed by atoms with E-state index in [0.717, 1.165) is 17.7 Å². The molecule has 1 heterocycles. The summed E-state index contributed by atoms with van der Waals surface area (Å²) in [5.41, 5.74) is 1.87. The number of oxime groups is 1. The van der Waals surface area contributed by atoms with Crippen molar-refractivity contribution in [3.8, 4) is 0 Å². The quantitative estimate of drug-likeness (QED) is 0.913. The zero-order valence-electron chi connectivity index (χ0n) is 11.6. The Kier molecular flexibility index (Phi) is 2.80. The Morgan fingerprint density at radius 2 is 2.05 bits per heavy atom. The van der Waals surface area contributed by atoms with Gasteiger partial charge in [0.05, 0.1) is 11.6 Å². The molecule has 0 aromatic heterocycles. The highest BCUT2D eigenvalue weighted by molar-refractivity contribution is 6.30. The minimum Gasteiger partial charge on any atom is -0.481 e. The first-order chi connectivity index (χ1) is 10.1. The van der Waals surface area contributed by atoms with Gasteiger partial charge in [-0.15, -0.1) is 0 Å². The van der Waals surface area contributed by atoms with Crippen molar-refractivity contribution in [2.75, 3.05) is 0 Å². The Bertz CT molecular complexity index is 627. The zero-order valence-corrected chi connectivity index (χ0v) is 12.3. The smallest absolute Gasteiger partial charge is 0.307 e. The fraction of sp³-hybridized carbons (Fsp3) is 0.500. The number of benzene rings is 1. The third kappa shape index (κ3) is 1.75. The van der Waals surface area contributed by atoms with Crippen molar-refractivity contribution in [2.24, 2.45) is 34.7 Å². The van der Waals surface area contributed by atoms with E-state index >= 15 is 0 Å². The highest BCUT2D eigenvalue weighted by Crippen LogP contribution is 2.58. The highest BCUT2D eigenvalue weighted by atomic mass is 35.5. The molecule has 2 fully saturated rings. The number of fused-ring (bicyclic) bond motifs is 5. The summed E-state index contributed by atoms with van der Waals surface area (Å²) in [5, 5.41) is 14.5. The molecule has 0 saturated heterocycles. The maximum atomic E-state index is 11.6. The van der Waals surface area contributed by atoms with E-state index in [1.54, 1.807) is 0 Å². The lowest BCUT2D eigenvalue weighted by atomic mass is 9.71. The molecule has 6 atom stereocenters. The van der Waals surface area contributed by atoms with Crippen LogP contribution in [0.15, 0.2) is 29.4 Å². The molecule has 0 spiro atoms. The molecule has 1 N–H and O–H groups in total. The van der Waals surface area contributed by atoms with Gasteiger partial charge in [0.25, 0.3) is 0 Å². The summed E-state index contributed by atoms with van der Waals surface area (Å²) in [5.74, 6) is -0.271. The van der Waals surface area contributed by atoms with Crippen LogP contribution in [0.1, 0.15) is 18.9 Å². The van der Waals surface area contributed by atoms with Crippen molar-refractivity contribution in [2.45, 2.75) is 19.4 Å². The highest BCUT2D eigenvalue weighted by Gasteiger charge is 2.63. The van der Waals surface area contributed by atoms with Crippen LogP contribution in [0.25, 0.3) is 0 Å². The average Bonchev–Trinajstić information content (AvgIpc) is 3.09. The van der Waals surface area contributed by atoms with Crippen molar-refractivity contribution in [1.82, 2.24) is 0 Å². The number of hydrogen-bond acceptors (Lipinski definition) is 3. The normalized spacial score (nSPS) is 39.8. The summed E-state index contributed by atoms with van der Waals surface area (Å²) in [6, 6.07) is 7.52. The number of hydrogen-bond donors (Lipinski definition) is 1. The van der Waals surface area contributed by atoms with Crippen LogP contribution in [0.3, 0.4) is 0 Å². The average molecular weight is 306 g/mol. The molecule has 1 aliphatic heterocycles. The fourth-order valence-electron chi connectivity index (χ4n) is 4.60. The van der Waals surface area contributed by atoms with Crippen LogP contribution < -0.4 is 0 Å². The van der Waals surface area contributed by atoms with Crippen LogP contribution in [-0.4, -0.2) is 22.9 Å². The number of nitrogens with zero attached hydrogens (tertiary/aromatic N) is 1. The molecule has 0 unspecified atom stereocenters. The third-order valence-electron chi connectivity index (χ3n) is 5.50. The lowest BCUT2D eigenvalue weighted by Gasteiger charge is -2.32. The van der Waals surface area contributed by atoms with Crippen LogP contribution in [0.2, 0.25) is 5.02 Å². The molecule has 1 aromatic carbocycles. The molecule has 2 saturated carbocycles. The molecular weight excluding hydrogens is 290 g/mol. The van der Waals surface area contributed by atoms with Crippen molar-refractivity contribution in [3.63, 3.8) is 0 Å². The molecule has 0 radical (unpaired) electrons. The van der Waals surface area contributed by atoms with E-state index in [2.05, 4.69) is 5.16 Å². The van der Waals surface area contributed by atoms with Crippen molar-refractivity contribution in [1.29, 1.82) is 0 Å². The standard InChI is InChI=1S/C16H16ClNO3/c1-7-10-6-11(12(7)16(19)20)13-14(18-21-15(10)13)8-2-4-9(17)5-3-8/h2-5,7,10-13,15H,6H2,1H3,(H,19,20)/t7-,10+,11-,12+,13+,15+/m0/s1. The molecule has 110 valence electrons. The van der Waals surface area contributed by atoms with Gasteiger partial charge in [-0.2, -0.15) is 0 Å². The van der Waals surface area contributed by atoms with E-state index in [4.69, 9.17) is 16.4 Å². The lowest BCUT2D eigenvalue weighted by Crippen LogP contribution is -2.41. The van der Waals surface area contributed by atoms with E-state index in [9.17, 15) is 9.90 Å². The Labute approximate surface area is 127 Å². The summed E-state index contributed by atoms with van der Waals surface area (Å²) >= 11 is 5.93. The number of aliphatic carboxylic acids is 1. The minimum atomic E-state index is -0.684. The molecule has 4 nitrogen and oxygen atoms in total. The maximum Gasteiger partial charge on any atom is 0.307 e. The first-order valence-corrected chi connectivity index (χ1v) is 7.68. The Balaban J connectivity index is 1.69. The molecular formula is C16H16ClNO3. The number of halogens is 1. The molecule has 4 rings (SSSR count). The monoisotopic (exact) mass is 305 g/mol. The molecule has 3 aliphatic rings. The Morgan fingerprint density at radius 1 is 1.33 bits per heavy atom. The summed E-state index contributed by atoms with van der Waals surface area (Å²) in [6.45, 7) is 2.03.